The summed E-state index contributed by atoms with van der Waals surface area (Å²) in [5.41, 5.74) is 1.04. The van der Waals surface area contributed by atoms with Crippen LogP contribution >= 0.6 is 0 Å². The van der Waals surface area contributed by atoms with Crippen molar-refractivity contribution in [3.05, 3.63) is 29.3 Å². The Kier molecular flexibility index (Phi) is 5.69. The van der Waals surface area contributed by atoms with E-state index in [-0.39, 0.29) is 4.90 Å². The van der Waals surface area contributed by atoms with Gasteiger partial charge in [0, 0.05) is 19.1 Å². The highest BCUT2D eigenvalue weighted by molar-refractivity contribution is 7.89. The van der Waals surface area contributed by atoms with Gasteiger partial charge in [-0.15, -0.1) is 0 Å². The smallest absolute Gasteiger partial charge is 0.240 e. The predicted octanol–water partition coefficient (Wildman–Crippen LogP) is 1.49. The van der Waals surface area contributed by atoms with Crippen LogP contribution in [-0.4, -0.2) is 39.5 Å². The molecule has 0 amide bonds. The van der Waals surface area contributed by atoms with Gasteiger partial charge in [0.1, 0.15) is 0 Å². The van der Waals surface area contributed by atoms with E-state index in [1.165, 1.54) is 12.1 Å². The summed E-state index contributed by atoms with van der Waals surface area (Å²) in [6.45, 7) is 6.80. The fourth-order valence-electron chi connectivity index (χ4n) is 1.71. The second kappa shape index (κ2) is 6.84. The van der Waals surface area contributed by atoms with E-state index < -0.39 is 10.0 Å². The van der Waals surface area contributed by atoms with Crippen molar-refractivity contribution in [2.45, 2.75) is 31.7 Å². The third-order valence-corrected chi connectivity index (χ3v) is 4.85. The summed E-state index contributed by atoms with van der Waals surface area (Å²) >= 11 is 0. The van der Waals surface area contributed by atoms with Crippen LogP contribution in [0, 0.1) is 18.3 Å². The number of sulfonamides is 1. The largest absolute Gasteiger partial charge is 0.303 e. The molecule has 0 spiro atoms. The van der Waals surface area contributed by atoms with E-state index in [0.717, 1.165) is 0 Å². The van der Waals surface area contributed by atoms with Gasteiger partial charge in [0.15, 0.2) is 0 Å². The number of hydrogen-bond acceptors (Lipinski definition) is 4. The average Bonchev–Trinajstić information content (AvgIpc) is 2.37. The molecule has 20 heavy (non-hydrogen) atoms. The van der Waals surface area contributed by atoms with Gasteiger partial charge in [0.2, 0.25) is 10.0 Å². The molecule has 0 aliphatic rings. The highest BCUT2D eigenvalue weighted by Gasteiger charge is 2.16. The molecule has 0 aliphatic carbocycles. The standard InChI is InChI=1S/C14H21N3O2S/c1-11(2)17(4)8-7-16-20(18,19)14-6-5-13(10-15)9-12(14)3/h5-6,9,11,16H,7-8H2,1-4H3. The first-order valence-corrected chi connectivity index (χ1v) is 7.97. The van der Waals surface area contributed by atoms with Crippen LogP contribution in [0.25, 0.3) is 0 Å². The first-order chi connectivity index (χ1) is 9.27. The van der Waals surface area contributed by atoms with Crippen LogP contribution < -0.4 is 4.72 Å². The molecule has 0 bridgehead atoms. The lowest BCUT2D eigenvalue weighted by atomic mass is 10.2. The molecule has 0 fully saturated rings. The third kappa shape index (κ3) is 4.30. The summed E-state index contributed by atoms with van der Waals surface area (Å²) in [6.07, 6.45) is 0. The van der Waals surface area contributed by atoms with Crippen molar-refractivity contribution in [1.82, 2.24) is 9.62 Å². The molecule has 110 valence electrons. The van der Waals surface area contributed by atoms with E-state index in [1.807, 2.05) is 13.1 Å². The monoisotopic (exact) mass is 295 g/mol. The van der Waals surface area contributed by atoms with E-state index in [9.17, 15) is 8.42 Å². The molecule has 6 heteroatoms. The van der Waals surface area contributed by atoms with Gasteiger partial charge < -0.3 is 4.90 Å². The molecule has 0 heterocycles. The van der Waals surface area contributed by atoms with Crippen molar-refractivity contribution in [2.24, 2.45) is 0 Å². The fourth-order valence-corrected chi connectivity index (χ4v) is 2.96. The van der Waals surface area contributed by atoms with Gasteiger partial charge in [-0.1, -0.05) is 0 Å². The molecule has 1 aromatic carbocycles. The lowest BCUT2D eigenvalue weighted by Crippen LogP contribution is -2.36. The molecule has 0 aliphatic heterocycles. The Morgan fingerprint density at radius 2 is 2.05 bits per heavy atom. The molecule has 5 nitrogen and oxygen atoms in total. The molecule has 1 rings (SSSR count). The second-order valence-corrected chi connectivity index (χ2v) is 6.80. The fraction of sp³-hybridized carbons (Fsp3) is 0.500. The number of nitriles is 1. The molecule has 0 atom stereocenters. The Hall–Kier alpha value is -1.42. The van der Waals surface area contributed by atoms with Gasteiger partial charge >= 0.3 is 0 Å². The maximum Gasteiger partial charge on any atom is 0.240 e. The van der Waals surface area contributed by atoms with E-state index >= 15 is 0 Å². The normalized spacial score (nSPS) is 11.8. The van der Waals surface area contributed by atoms with Crippen molar-refractivity contribution >= 4 is 10.0 Å². The maximum absolute atomic E-state index is 12.2. The summed E-state index contributed by atoms with van der Waals surface area (Å²) in [4.78, 5) is 2.29. The van der Waals surface area contributed by atoms with Gasteiger partial charge in [-0.05, 0) is 51.6 Å². The van der Waals surface area contributed by atoms with E-state index in [1.54, 1.807) is 13.0 Å². The molecule has 1 N–H and O–H groups in total. The van der Waals surface area contributed by atoms with Crippen LogP contribution in [0.1, 0.15) is 25.0 Å². The van der Waals surface area contributed by atoms with Crippen LogP contribution in [0.2, 0.25) is 0 Å². The SMILES string of the molecule is Cc1cc(C#N)ccc1S(=O)(=O)NCCN(C)C(C)C. The zero-order valence-electron chi connectivity index (χ0n) is 12.3. The van der Waals surface area contributed by atoms with Crippen LogP contribution in [-0.2, 0) is 10.0 Å². The first-order valence-electron chi connectivity index (χ1n) is 6.48. The van der Waals surface area contributed by atoms with Crippen LogP contribution in [0.5, 0.6) is 0 Å². The van der Waals surface area contributed by atoms with Gasteiger partial charge in [0.25, 0.3) is 0 Å². The minimum absolute atomic E-state index is 0.226. The first kappa shape index (κ1) is 16.6. The summed E-state index contributed by atoms with van der Waals surface area (Å²) in [7, 11) is -1.57. The molecular weight excluding hydrogens is 274 g/mol. The predicted molar refractivity (Wildman–Crippen MR) is 78.8 cm³/mol. The summed E-state index contributed by atoms with van der Waals surface area (Å²) < 4.78 is 27.0. The van der Waals surface area contributed by atoms with Crippen LogP contribution in [0.15, 0.2) is 23.1 Å². The van der Waals surface area contributed by atoms with Crippen molar-refractivity contribution in [3.8, 4) is 6.07 Å². The zero-order chi connectivity index (χ0) is 15.3. The van der Waals surface area contributed by atoms with Crippen LogP contribution in [0.3, 0.4) is 0 Å². The third-order valence-electron chi connectivity index (χ3n) is 3.23. The Morgan fingerprint density at radius 3 is 2.55 bits per heavy atom. The van der Waals surface area contributed by atoms with Crippen LogP contribution in [0.4, 0.5) is 0 Å². The molecule has 0 unspecified atom stereocenters. The van der Waals surface area contributed by atoms with Crippen molar-refractivity contribution < 1.29 is 8.42 Å². The van der Waals surface area contributed by atoms with Gasteiger partial charge in [-0.3, -0.25) is 0 Å². The molecule has 0 aromatic heterocycles. The molecule has 0 saturated carbocycles. The number of hydrogen-bond donors (Lipinski definition) is 1. The maximum atomic E-state index is 12.2. The molecule has 0 saturated heterocycles. The topological polar surface area (TPSA) is 73.2 Å². The number of likely N-dealkylation sites (N-methyl/N-ethyl adjacent to an activating group) is 1. The number of rotatable bonds is 6. The molecular formula is C14H21N3O2S. The average molecular weight is 295 g/mol. The van der Waals surface area contributed by atoms with Crippen molar-refractivity contribution in [3.63, 3.8) is 0 Å². The Balaban J connectivity index is 2.77. The Bertz CT molecular complexity index is 603. The highest BCUT2D eigenvalue weighted by atomic mass is 32.2. The van der Waals surface area contributed by atoms with E-state index in [2.05, 4.69) is 23.5 Å². The van der Waals surface area contributed by atoms with Gasteiger partial charge in [-0.25, -0.2) is 13.1 Å². The van der Waals surface area contributed by atoms with Gasteiger partial charge in [0.05, 0.1) is 16.5 Å². The minimum atomic E-state index is -3.52. The van der Waals surface area contributed by atoms with Crippen molar-refractivity contribution in [1.29, 1.82) is 5.26 Å². The quantitative estimate of drug-likeness (QED) is 0.863. The lowest BCUT2D eigenvalue weighted by molar-refractivity contribution is 0.278. The van der Waals surface area contributed by atoms with Crippen molar-refractivity contribution in [2.75, 3.05) is 20.1 Å². The summed E-state index contributed by atoms with van der Waals surface area (Å²) in [5.74, 6) is 0. The number of nitrogens with one attached hydrogen (secondary N) is 1. The Morgan fingerprint density at radius 1 is 1.40 bits per heavy atom. The number of aryl methyl sites for hydroxylation is 1. The number of benzene rings is 1. The molecule has 1 aromatic rings. The molecule has 0 radical (unpaired) electrons. The summed E-state index contributed by atoms with van der Waals surface area (Å²) in [5, 5.41) is 8.79. The second-order valence-electron chi connectivity index (χ2n) is 5.06. The van der Waals surface area contributed by atoms with Gasteiger partial charge in [-0.2, -0.15) is 5.26 Å². The van der Waals surface area contributed by atoms with E-state index in [0.29, 0.717) is 30.3 Å². The number of nitrogens with zero attached hydrogens (tertiary/aromatic N) is 2. The minimum Gasteiger partial charge on any atom is -0.303 e. The highest BCUT2D eigenvalue weighted by Crippen LogP contribution is 2.16. The Labute approximate surface area is 121 Å². The van der Waals surface area contributed by atoms with E-state index in [4.69, 9.17) is 5.26 Å². The summed E-state index contributed by atoms with van der Waals surface area (Å²) in [6, 6.07) is 6.93. The lowest BCUT2D eigenvalue weighted by Gasteiger charge is -2.21. The zero-order valence-corrected chi connectivity index (χ0v) is 13.2.